The van der Waals surface area contributed by atoms with Gasteiger partial charge in [-0.1, -0.05) is 115 Å². The lowest BCUT2D eigenvalue weighted by Gasteiger charge is -2.49. The summed E-state index contributed by atoms with van der Waals surface area (Å²) in [6.45, 7) is 35.4. The number of ether oxygens (including phenoxy) is 4. The maximum atomic E-state index is 10.6. The molecule has 0 amide bonds. The van der Waals surface area contributed by atoms with Crippen LogP contribution in [0.5, 0.6) is 0 Å². The van der Waals surface area contributed by atoms with Crippen LogP contribution in [-0.4, -0.2) is 127 Å². The van der Waals surface area contributed by atoms with Crippen LogP contribution in [0.2, 0.25) is 0 Å². The summed E-state index contributed by atoms with van der Waals surface area (Å²) in [6, 6.07) is 0.715. The summed E-state index contributed by atoms with van der Waals surface area (Å²) in [4.78, 5) is 0. The first-order chi connectivity index (χ1) is 24.8. The van der Waals surface area contributed by atoms with Gasteiger partial charge in [-0.3, -0.25) is 0 Å². The van der Waals surface area contributed by atoms with Crippen LogP contribution < -0.4 is 0 Å². The van der Waals surface area contributed by atoms with Gasteiger partial charge in [0.05, 0.1) is 50.7 Å². The van der Waals surface area contributed by atoms with E-state index in [0.29, 0.717) is 69.3 Å². The highest BCUT2D eigenvalue weighted by atomic mass is 16.5. The fraction of sp³-hybridized carbons (Fsp3) is 1.00. The molecular formula is C43H98NO8+. The van der Waals surface area contributed by atoms with Crippen molar-refractivity contribution < 1.29 is 43.9 Å². The topological polar surface area (TPSA) is 118 Å². The Hall–Kier alpha value is -0.360. The van der Waals surface area contributed by atoms with Gasteiger partial charge in [-0.05, 0) is 65.7 Å². The van der Waals surface area contributed by atoms with E-state index in [9.17, 15) is 10.2 Å². The maximum absolute atomic E-state index is 10.6. The lowest BCUT2D eigenvalue weighted by atomic mass is 10.0. The Morgan fingerprint density at radius 1 is 0.404 bits per heavy atom. The van der Waals surface area contributed by atoms with Crippen LogP contribution in [0.15, 0.2) is 0 Å². The monoisotopic (exact) mass is 757 g/mol. The molecule has 9 heteroatoms. The van der Waals surface area contributed by atoms with E-state index in [0.717, 1.165) is 71.0 Å². The first-order valence-corrected chi connectivity index (χ1v) is 21.7. The molecule has 0 aromatic rings. The minimum Gasteiger partial charge on any atom is -0.391 e. The zero-order chi connectivity index (χ0) is 41.1. The summed E-state index contributed by atoms with van der Waals surface area (Å²) in [5, 5.41) is 38.9. The molecule has 322 valence electrons. The van der Waals surface area contributed by atoms with Gasteiger partial charge >= 0.3 is 0 Å². The normalized spacial score (nSPS) is 15.3. The van der Waals surface area contributed by atoms with Crippen molar-refractivity contribution in [1.29, 1.82) is 0 Å². The van der Waals surface area contributed by atoms with Crippen molar-refractivity contribution in [3.8, 4) is 0 Å². The third-order valence-corrected chi connectivity index (χ3v) is 8.49. The van der Waals surface area contributed by atoms with Crippen LogP contribution in [0.1, 0.15) is 180 Å². The minimum absolute atomic E-state index is 0.267. The van der Waals surface area contributed by atoms with Gasteiger partial charge in [-0.2, -0.15) is 0 Å². The van der Waals surface area contributed by atoms with Crippen molar-refractivity contribution in [1.82, 2.24) is 0 Å². The van der Waals surface area contributed by atoms with Crippen LogP contribution in [0.4, 0.5) is 0 Å². The van der Waals surface area contributed by atoms with Crippen molar-refractivity contribution in [2.24, 2.45) is 0 Å². The molecule has 6 atom stereocenters. The molecule has 0 aliphatic heterocycles. The summed E-state index contributed by atoms with van der Waals surface area (Å²) in [5.74, 6) is 0. The van der Waals surface area contributed by atoms with Crippen LogP contribution >= 0.6 is 0 Å². The lowest BCUT2D eigenvalue weighted by Crippen LogP contribution is -2.65. The third-order valence-electron chi connectivity index (χ3n) is 8.49. The molecule has 0 saturated heterocycles. The Morgan fingerprint density at radius 3 is 1.00 bits per heavy atom. The average Bonchev–Trinajstić information content (AvgIpc) is 3.12. The van der Waals surface area contributed by atoms with Crippen molar-refractivity contribution in [3.05, 3.63) is 0 Å². The molecule has 0 rings (SSSR count). The number of nitrogens with zero attached hydrogens (tertiary/aromatic N) is 1. The number of hydrogen-bond acceptors (Lipinski definition) is 8. The predicted molar refractivity (Wildman–Crippen MR) is 224 cm³/mol. The van der Waals surface area contributed by atoms with Crippen LogP contribution in [0, 0.1) is 0 Å². The number of hydrogen-bond donors (Lipinski definition) is 4. The Morgan fingerprint density at radius 2 is 0.731 bits per heavy atom. The number of unbranched alkanes of at least 4 members (excludes halogenated alkanes) is 4. The summed E-state index contributed by atoms with van der Waals surface area (Å²) in [6.07, 6.45) is 12.9. The molecule has 0 bridgehead atoms. The highest BCUT2D eigenvalue weighted by Crippen LogP contribution is 2.26. The fourth-order valence-electron chi connectivity index (χ4n) is 5.01. The standard InChI is InChI=1S/C21H46NO4.C8H18O2.C6H14O2.C5H12.C3H8/c1-7-11-13-26-17-21(24)15-22(18(5)9-3,19(6)10-4)14-20(23)16-25-12-8-2;1-3-5-6-10-7-8(9)4-2;1-3-4-8-5-6(2)7;1-3-5-4-2;1-3-2/h18-21,23-24H,7-17H2,1-6H3;8-9H,3-7H2,1-2H3;6-7H,3-5H2,1-2H3;3-5H2,1-2H3;3H2,1-2H3/q+1;;;;. The van der Waals surface area contributed by atoms with Gasteiger partial charge in [0.25, 0.3) is 0 Å². The highest BCUT2D eigenvalue weighted by molar-refractivity contribution is 4.68. The Balaban J connectivity index is -0.000000229. The highest BCUT2D eigenvalue weighted by Gasteiger charge is 2.41. The second kappa shape index (κ2) is 48.7. The number of rotatable bonds is 29. The first kappa shape index (κ1) is 60.9. The van der Waals surface area contributed by atoms with Crippen molar-refractivity contribution >= 4 is 0 Å². The Bertz CT molecular complexity index is 602. The number of aliphatic hydroxyl groups is 4. The minimum atomic E-state index is -0.516. The Kier molecular flexibility index (Phi) is 57.0. The maximum Gasteiger partial charge on any atom is 0.126 e. The van der Waals surface area contributed by atoms with Crippen LogP contribution in [0.3, 0.4) is 0 Å². The Labute approximate surface area is 326 Å². The van der Waals surface area contributed by atoms with E-state index in [1.54, 1.807) is 6.92 Å². The van der Waals surface area contributed by atoms with E-state index < -0.39 is 12.2 Å². The van der Waals surface area contributed by atoms with Crippen LogP contribution in [-0.2, 0) is 18.9 Å². The van der Waals surface area contributed by atoms with E-state index in [1.165, 1.54) is 25.7 Å². The van der Waals surface area contributed by atoms with Gasteiger partial charge in [-0.15, -0.1) is 0 Å². The molecule has 0 aromatic carbocycles. The van der Waals surface area contributed by atoms with E-state index in [4.69, 9.17) is 29.2 Å². The van der Waals surface area contributed by atoms with E-state index in [2.05, 4.69) is 76.2 Å². The van der Waals surface area contributed by atoms with Gasteiger partial charge in [-0.25, -0.2) is 0 Å². The quantitative estimate of drug-likeness (QED) is 0.0441. The third kappa shape index (κ3) is 44.0. The van der Waals surface area contributed by atoms with E-state index >= 15 is 0 Å². The summed E-state index contributed by atoms with van der Waals surface area (Å²) in [5.41, 5.74) is 0. The molecule has 4 N–H and O–H groups in total. The van der Waals surface area contributed by atoms with E-state index in [-0.39, 0.29) is 12.2 Å². The molecule has 0 aromatic heterocycles. The van der Waals surface area contributed by atoms with Crippen molar-refractivity contribution in [3.63, 3.8) is 0 Å². The van der Waals surface area contributed by atoms with Gasteiger partial charge in [0.15, 0.2) is 0 Å². The summed E-state index contributed by atoms with van der Waals surface area (Å²) < 4.78 is 22.1. The molecule has 0 heterocycles. The largest absolute Gasteiger partial charge is 0.391 e. The number of quaternary nitrogens is 1. The molecule has 6 unspecified atom stereocenters. The zero-order valence-electron chi connectivity index (χ0n) is 37.6. The zero-order valence-corrected chi connectivity index (χ0v) is 37.6. The van der Waals surface area contributed by atoms with E-state index in [1.807, 2.05) is 13.8 Å². The second-order valence-corrected chi connectivity index (χ2v) is 14.3. The SMILES string of the molecule is CCC.CCCCC.CCCCOCC(O)CC.CCCCOCC(O)C[N+](CC(O)COCCC)(C(C)CC)C(C)CC.CCCOCC(C)O. The molecule has 0 aliphatic rings. The van der Waals surface area contributed by atoms with Crippen molar-refractivity contribution in [2.45, 2.75) is 217 Å². The molecular weight excluding hydrogens is 658 g/mol. The lowest BCUT2D eigenvalue weighted by molar-refractivity contribution is -0.975. The van der Waals surface area contributed by atoms with Crippen LogP contribution in [0.25, 0.3) is 0 Å². The molecule has 0 radical (unpaired) electrons. The smallest absolute Gasteiger partial charge is 0.126 e. The van der Waals surface area contributed by atoms with Gasteiger partial charge in [0.2, 0.25) is 0 Å². The summed E-state index contributed by atoms with van der Waals surface area (Å²) in [7, 11) is 0. The molecule has 0 saturated carbocycles. The number of aliphatic hydroxyl groups excluding tert-OH is 4. The average molecular weight is 757 g/mol. The summed E-state index contributed by atoms with van der Waals surface area (Å²) >= 11 is 0. The molecule has 0 fully saturated rings. The second-order valence-electron chi connectivity index (χ2n) is 14.3. The predicted octanol–water partition coefficient (Wildman–Crippen LogP) is 9.35. The molecule has 52 heavy (non-hydrogen) atoms. The fourth-order valence-corrected chi connectivity index (χ4v) is 5.01. The molecule has 0 aliphatic carbocycles. The first-order valence-electron chi connectivity index (χ1n) is 21.7. The van der Waals surface area contributed by atoms with Gasteiger partial charge < -0.3 is 43.9 Å². The van der Waals surface area contributed by atoms with Gasteiger partial charge in [0, 0.05) is 26.4 Å². The van der Waals surface area contributed by atoms with Crippen molar-refractivity contribution in [2.75, 3.05) is 65.9 Å². The molecule has 9 nitrogen and oxygen atoms in total. The molecule has 0 spiro atoms. The van der Waals surface area contributed by atoms with Gasteiger partial charge in [0.1, 0.15) is 25.3 Å².